The molecule has 0 spiro atoms. The second-order valence-electron chi connectivity index (χ2n) is 6.44. The quantitative estimate of drug-likeness (QED) is 0.807. The second kappa shape index (κ2) is 4.68. The third kappa shape index (κ3) is 2.13. The van der Waals surface area contributed by atoms with E-state index in [-0.39, 0.29) is 11.8 Å². The van der Waals surface area contributed by atoms with E-state index in [4.69, 9.17) is 4.52 Å². The molecular formula is C17H16N4O2. The normalized spacial score (nSPS) is 18.3. The molecule has 1 aliphatic heterocycles. The molecular weight excluding hydrogens is 292 g/mol. The van der Waals surface area contributed by atoms with Crippen LogP contribution in [0.3, 0.4) is 0 Å². The van der Waals surface area contributed by atoms with Crippen LogP contribution >= 0.6 is 0 Å². The number of imidazole rings is 1. The second-order valence-corrected chi connectivity index (χ2v) is 6.44. The van der Waals surface area contributed by atoms with Gasteiger partial charge >= 0.3 is 0 Å². The zero-order valence-electron chi connectivity index (χ0n) is 12.5. The summed E-state index contributed by atoms with van der Waals surface area (Å²) < 4.78 is 5.26. The van der Waals surface area contributed by atoms with Crippen molar-refractivity contribution in [3.63, 3.8) is 0 Å². The van der Waals surface area contributed by atoms with Crippen molar-refractivity contribution in [2.75, 3.05) is 13.1 Å². The topological polar surface area (TPSA) is 75.0 Å². The number of aromatic amines is 1. The highest BCUT2D eigenvalue weighted by Crippen LogP contribution is 2.40. The number of H-pyrrole nitrogens is 1. The zero-order valence-corrected chi connectivity index (χ0v) is 12.5. The van der Waals surface area contributed by atoms with Crippen LogP contribution in [-0.4, -0.2) is 39.0 Å². The summed E-state index contributed by atoms with van der Waals surface area (Å²) in [6.45, 7) is 1.34. The Kier molecular flexibility index (Phi) is 2.62. The van der Waals surface area contributed by atoms with Crippen molar-refractivity contribution in [1.82, 2.24) is 20.0 Å². The molecule has 6 heteroatoms. The molecule has 0 radical (unpaired) electrons. The molecule has 1 aliphatic carbocycles. The lowest BCUT2D eigenvalue weighted by Crippen LogP contribution is -2.48. The van der Waals surface area contributed by atoms with E-state index in [1.165, 1.54) is 0 Å². The highest BCUT2D eigenvalue weighted by molar-refractivity contribution is 5.93. The average molecular weight is 308 g/mol. The minimum Gasteiger partial charge on any atom is -0.360 e. The first-order chi connectivity index (χ1) is 11.3. The molecule has 1 aromatic carbocycles. The molecule has 23 heavy (non-hydrogen) atoms. The first kappa shape index (κ1) is 12.9. The van der Waals surface area contributed by atoms with E-state index in [0.717, 1.165) is 35.5 Å². The number of para-hydroxylation sites is 2. The van der Waals surface area contributed by atoms with Gasteiger partial charge in [-0.1, -0.05) is 17.3 Å². The van der Waals surface area contributed by atoms with Crippen LogP contribution in [0.25, 0.3) is 11.0 Å². The molecule has 0 atom stereocenters. The fourth-order valence-corrected chi connectivity index (χ4v) is 3.10. The van der Waals surface area contributed by atoms with Gasteiger partial charge in [-0.05, 0) is 25.0 Å². The molecule has 5 rings (SSSR count). The molecule has 1 amide bonds. The maximum atomic E-state index is 12.4. The summed E-state index contributed by atoms with van der Waals surface area (Å²) in [6.07, 6.45) is 2.28. The zero-order chi connectivity index (χ0) is 15.4. The van der Waals surface area contributed by atoms with E-state index in [1.807, 2.05) is 24.3 Å². The SMILES string of the molecule is O=C(c1cc(C2CC2)on1)N1CC(c2nc3ccccc3[nH]2)C1. The average Bonchev–Trinajstić information content (AvgIpc) is 3.10. The maximum absolute atomic E-state index is 12.4. The van der Waals surface area contributed by atoms with E-state index in [9.17, 15) is 4.79 Å². The van der Waals surface area contributed by atoms with Crippen LogP contribution < -0.4 is 0 Å². The molecule has 3 aromatic rings. The van der Waals surface area contributed by atoms with Crippen molar-refractivity contribution in [2.24, 2.45) is 0 Å². The van der Waals surface area contributed by atoms with Crippen molar-refractivity contribution >= 4 is 16.9 Å². The van der Waals surface area contributed by atoms with Crippen LogP contribution in [0.1, 0.15) is 46.8 Å². The Morgan fingerprint density at radius 3 is 2.83 bits per heavy atom. The number of carbonyl (C=O) groups is 1. The maximum Gasteiger partial charge on any atom is 0.276 e. The number of likely N-dealkylation sites (tertiary alicyclic amines) is 1. The monoisotopic (exact) mass is 308 g/mol. The number of fused-ring (bicyclic) bond motifs is 1. The summed E-state index contributed by atoms with van der Waals surface area (Å²) in [7, 11) is 0. The lowest BCUT2D eigenvalue weighted by atomic mass is 9.99. The van der Waals surface area contributed by atoms with Crippen LogP contribution in [0.4, 0.5) is 0 Å². The van der Waals surface area contributed by atoms with Crippen LogP contribution in [0.15, 0.2) is 34.9 Å². The summed E-state index contributed by atoms with van der Waals surface area (Å²) in [4.78, 5) is 22.2. The lowest BCUT2D eigenvalue weighted by molar-refractivity contribution is 0.0585. The minimum atomic E-state index is -0.0481. The van der Waals surface area contributed by atoms with Gasteiger partial charge in [-0.3, -0.25) is 4.79 Å². The summed E-state index contributed by atoms with van der Waals surface area (Å²) in [6, 6.07) is 9.77. The van der Waals surface area contributed by atoms with Gasteiger partial charge in [-0.15, -0.1) is 0 Å². The molecule has 2 aromatic heterocycles. The Morgan fingerprint density at radius 1 is 1.22 bits per heavy atom. The van der Waals surface area contributed by atoms with Gasteiger partial charge in [-0.25, -0.2) is 4.98 Å². The predicted octanol–water partition coefficient (Wildman–Crippen LogP) is 2.67. The third-order valence-corrected chi connectivity index (χ3v) is 4.69. The smallest absolute Gasteiger partial charge is 0.276 e. The van der Waals surface area contributed by atoms with Gasteiger partial charge in [0.25, 0.3) is 5.91 Å². The number of hydrogen-bond donors (Lipinski definition) is 1. The molecule has 2 aliphatic rings. The molecule has 2 fully saturated rings. The van der Waals surface area contributed by atoms with Crippen molar-refractivity contribution in [3.05, 3.63) is 47.6 Å². The summed E-state index contributed by atoms with van der Waals surface area (Å²) in [5, 5.41) is 3.92. The van der Waals surface area contributed by atoms with E-state index < -0.39 is 0 Å². The largest absolute Gasteiger partial charge is 0.360 e. The molecule has 116 valence electrons. The van der Waals surface area contributed by atoms with Gasteiger partial charge < -0.3 is 14.4 Å². The van der Waals surface area contributed by atoms with Gasteiger partial charge in [-0.2, -0.15) is 0 Å². The van der Waals surface area contributed by atoms with Gasteiger partial charge in [0.05, 0.1) is 17.0 Å². The van der Waals surface area contributed by atoms with E-state index in [0.29, 0.717) is 24.7 Å². The number of hydrogen-bond acceptors (Lipinski definition) is 4. The number of nitrogens with one attached hydrogen (secondary N) is 1. The van der Waals surface area contributed by atoms with Gasteiger partial charge in [0, 0.05) is 25.1 Å². The molecule has 0 unspecified atom stereocenters. The van der Waals surface area contributed by atoms with Crippen molar-refractivity contribution in [1.29, 1.82) is 0 Å². The van der Waals surface area contributed by atoms with Crippen LogP contribution in [0.2, 0.25) is 0 Å². The molecule has 6 nitrogen and oxygen atoms in total. The number of aromatic nitrogens is 3. The predicted molar refractivity (Wildman–Crippen MR) is 83.2 cm³/mol. The highest BCUT2D eigenvalue weighted by Gasteiger charge is 2.36. The molecule has 1 saturated carbocycles. The van der Waals surface area contributed by atoms with Crippen LogP contribution in [-0.2, 0) is 0 Å². The van der Waals surface area contributed by atoms with Gasteiger partial charge in [0.2, 0.25) is 0 Å². The number of carbonyl (C=O) groups excluding carboxylic acids is 1. The molecule has 0 bridgehead atoms. The first-order valence-corrected chi connectivity index (χ1v) is 7.98. The lowest BCUT2D eigenvalue weighted by Gasteiger charge is -2.37. The molecule has 3 heterocycles. The van der Waals surface area contributed by atoms with Gasteiger partial charge in [0.1, 0.15) is 11.6 Å². The van der Waals surface area contributed by atoms with Crippen LogP contribution in [0, 0.1) is 0 Å². The minimum absolute atomic E-state index is 0.0481. The fourth-order valence-electron chi connectivity index (χ4n) is 3.10. The first-order valence-electron chi connectivity index (χ1n) is 7.98. The van der Waals surface area contributed by atoms with Crippen molar-refractivity contribution < 1.29 is 9.32 Å². The number of nitrogens with zero attached hydrogens (tertiary/aromatic N) is 3. The standard InChI is InChI=1S/C17H16N4O2/c22-17(14-7-15(23-20-14)10-5-6-10)21-8-11(9-21)16-18-12-3-1-2-4-13(12)19-16/h1-4,7,10-11H,5-6,8-9H2,(H,18,19). The highest BCUT2D eigenvalue weighted by atomic mass is 16.5. The molecule has 1 saturated heterocycles. The van der Waals surface area contributed by atoms with Crippen molar-refractivity contribution in [2.45, 2.75) is 24.7 Å². The Labute approximate surface area is 132 Å². The Morgan fingerprint density at radius 2 is 2.04 bits per heavy atom. The Bertz CT molecular complexity index is 854. The Balaban J connectivity index is 1.28. The Hall–Kier alpha value is -2.63. The number of amides is 1. The number of rotatable bonds is 3. The fraction of sp³-hybridized carbons (Fsp3) is 0.353. The third-order valence-electron chi connectivity index (χ3n) is 4.69. The van der Waals surface area contributed by atoms with E-state index >= 15 is 0 Å². The van der Waals surface area contributed by atoms with E-state index in [2.05, 4.69) is 15.1 Å². The van der Waals surface area contributed by atoms with Crippen molar-refractivity contribution in [3.8, 4) is 0 Å². The van der Waals surface area contributed by atoms with E-state index in [1.54, 1.807) is 11.0 Å². The van der Waals surface area contributed by atoms with Gasteiger partial charge in [0.15, 0.2) is 5.69 Å². The number of benzene rings is 1. The summed E-state index contributed by atoms with van der Waals surface area (Å²) in [5.74, 6) is 2.50. The summed E-state index contributed by atoms with van der Waals surface area (Å²) in [5.41, 5.74) is 2.44. The summed E-state index contributed by atoms with van der Waals surface area (Å²) >= 11 is 0. The molecule has 1 N–H and O–H groups in total. The van der Waals surface area contributed by atoms with Crippen LogP contribution in [0.5, 0.6) is 0 Å².